The monoisotopic (exact) mass is 339 g/mol. The molecule has 0 fully saturated rings. The van der Waals surface area contributed by atoms with Crippen molar-refractivity contribution in [2.75, 3.05) is 13.2 Å². The van der Waals surface area contributed by atoms with Crippen LogP contribution in [0.3, 0.4) is 0 Å². The number of ether oxygens (including phenoxy) is 1. The Hall–Kier alpha value is -1.79. The average molecular weight is 340 g/mol. The summed E-state index contributed by atoms with van der Waals surface area (Å²) < 4.78 is 7.13. The first kappa shape index (κ1) is 17.6. The van der Waals surface area contributed by atoms with E-state index >= 15 is 0 Å². The number of aromatic nitrogens is 2. The van der Waals surface area contributed by atoms with Gasteiger partial charge in [0.2, 0.25) is 0 Å². The van der Waals surface area contributed by atoms with Crippen LogP contribution in [0.2, 0.25) is 5.02 Å². The second kappa shape index (κ2) is 7.19. The molecule has 23 heavy (non-hydrogen) atoms. The molecule has 1 aromatic carbocycles. The van der Waals surface area contributed by atoms with Crippen LogP contribution in [-0.4, -0.2) is 39.5 Å². The van der Waals surface area contributed by atoms with E-state index in [0.29, 0.717) is 24.5 Å². The first-order valence-corrected chi connectivity index (χ1v) is 7.90. The van der Waals surface area contributed by atoms with Crippen molar-refractivity contribution in [2.45, 2.75) is 39.3 Å². The van der Waals surface area contributed by atoms with E-state index in [4.69, 9.17) is 16.3 Å². The second-order valence-electron chi connectivity index (χ2n) is 6.21. The lowest BCUT2D eigenvalue weighted by molar-refractivity contribution is 0.0528. The maximum Gasteiger partial charge on any atom is 0.407 e. The third-order valence-electron chi connectivity index (χ3n) is 3.13. The van der Waals surface area contributed by atoms with Crippen LogP contribution in [0.25, 0.3) is 11.0 Å². The van der Waals surface area contributed by atoms with Crippen molar-refractivity contribution in [3.8, 4) is 0 Å². The predicted octanol–water partition coefficient (Wildman–Crippen LogP) is 2.75. The number of alkyl carbamates (subject to hydrolysis) is 1. The van der Waals surface area contributed by atoms with Gasteiger partial charge in [0.05, 0.1) is 17.6 Å². The first-order chi connectivity index (χ1) is 10.8. The van der Waals surface area contributed by atoms with Crippen LogP contribution in [0.15, 0.2) is 18.2 Å². The Labute approximate surface area is 140 Å². The number of benzene rings is 1. The van der Waals surface area contributed by atoms with Gasteiger partial charge < -0.3 is 19.7 Å². The number of fused-ring (bicyclic) bond motifs is 1. The lowest BCUT2D eigenvalue weighted by Crippen LogP contribution is -2.33. The number of halogens is 1. The van der Waals surface area contributed by atoms with Crippen molar-refractivity contribution in [2.24, 2.45) is 0 Å². The zero-order valence-electron chi connectivity index (χ0n) is 13.6. The van der Waals surface area contributed by atoms with Gasteiger partial charge in [-0.3, -0.25) is 0 Å². The molecule has 0 aliphatic carbocycles. The summed E-state index contributed by atoms with van der Waals surface area (Å²) in [6.45, 7) is 6.31. The highest BCUT2D eigenvalue weighted by Gasteiger charge is 2.16. The topological polar surface area (TPSA) is 76.4 Å². The maximum atomic E-state index is 11.7. The molecule has 0 bridgehead atoms. The van der Waals surface area contributed by atoms with Crippen molar-refractivity contribution in [3.63, 3.8) is 0 Å². The Kier molecular flexibility index (Phi) is 5.49. The molecule has 2 N–H and O–H groups in total. The summed E-state index contributed by atoms with van der Waals surface area (Å²) in [5.74, 6) is 0.785. The van der Waals surface area contributed by atoms with Crippen LogP contribution >= 0.6 is 11.6 Å². The molecule has 0 saturated carbocycles. The lowest BCUT2D eigenvalue weighted by atomic mass is 10.2. The van der Waals surface area contributed by atoms with Crippen molar-refractivity contribution < 1.29 is 14.6 Å². The van der Waals surface area contributed by atoms with Crippen LogP contribution in [0.1, 0.15) is 26.6 Å². The number of nitrogens with one attached hydrogen (secondary N) is 1. The third-order valence-corrected chi connectivity index (χ3v) is 3.36. The van der Waals surface area contributed by atoms with Crippen molar-refractivity contribution in [1.82, 2.24) is 14.9 Å². The molecule has 0 radical (unpaired) electrons. The van der Waals surface area contributed by atoms with E-state index in [-0.39, 0.29) is 6.61 Å². The van der Waals surface area contributed by atoms with E-state index in [2.05, 4.69) is 10.3 Å². The Morgan fingerprint density at radius 1 is 1.43 bits per heavy atom. The van der Waals surface area contributed by atoms with Gasteiger partial charge in [0.15, 0.2) is 0 Å². The fourth-order valence-corrected chi connectivity index (χ4v) is 2.45. The number of aliphatic hydroxyl groups excluding tert-OH is 1. The van der Waals surface area contributed by atoms with Gasteiger partial charge in [-0.15, -0.1) is 0 Å². The van der Waals surface area contributed by atoms with Gasteiger partial charge in [-0.05, 0) is 39.0 Å². The van der Waals surface area contributed by atoms with E-state index in [9.17, 15) is 9.90 Å². The summed E-state index contributed by atoms with van der Waals surface area (Å²) >= 11 is 5.99. The number of hydrogen-bond acceptors (Lipinski definition) is 4. The van der Waals surface area contributed by atoms with Crippen molar-refractivity contribution in [1.29, 1.82) is 0 Å². The normalized spacial score (nSPS) is 11.7. The largest absolute Gasteiger partial charge is 0.444 e. The second-order valence-corrected chi connectivity index (χ2v) is 6.65. The molecule has 126 valence electrons. The van der Waals surface area contributed by atoms with Crippen molar-refractivity contribution >= 4 is 28.7 Å². The summed E-state index contributed by atoms with van der Waals surface area (Å²) in [5, 5.41) is 12.6. The van der Waals surface area contributed by atoms with Gasteiger partial charge in [-0.1, -0.05) is 11.6 Å². The van der Waals surface area contributed by atoms with Crippen LogP contribution in [0.4, 0.5) is 4.79 Å². The molecule has 6 nitrogen and oxygen atoms in total. The molecule has 1 amide bonds. The molecule has 7 heteroatoms. The summed E-state index contributed by atoms with van der Waals surface area (Å²) in [5.41, 5.74) is 1.17. The summed E-state index contributed by atoms with van der Waals surface area (Å²) in [6.07, 6.45) is 0.0799. The quantitative estimate of drug-likeness (QED) is 0.878. The van der Waals surface area contributed by atoms with Crippen LogP contribution in [-0.2, 0) is 17.7 Å². The zero-order chi connectivity index (χ0) is 17.0. The van der Waals surface area contributed by atoms with Crippen LogP contribution in [0, 0.1) is 0 Å². The van der Waals surface area contributed by atoms with Gasteiger partial charge in [0.1, 0.15) is 11.4 Å². The summed E-state index contributed by atoms with van der Waals surface area (Å²) in [4.78, 5) is 16.2. The Morgan fingerprint density at radius 2 is 2.17 bits per heavy atom. The minimum Gasteiger partial charge on any atom is -0.444 e. The smallest absolute Gasteiger partial charge is 0.407 e. The number of rotatable bonds is 5. The number of carbonyl (C=O) groups excluding carboxylic acids is 1. The Balaban J connectivity index is 2.07. The fourth-order valence-electron chi connectivity index (χ4n) is 2.28. The zero-order valence-corrected chi connectivity index (χ0v) is 14.4. The van der Waals surface area contributed by atoms with Gasteiger partial charge in [0, 0.05) is 24.5 Å². The van der Waals surface area contributed by atoms with E-state index in [1.54, 1.807) is 12.1 Å². The highest BCUT2D eigenvalue weighted by Crippen LogP contribution is 2.20. The number of nitrogens with zero attached hydrogens (tertiary/aromatic N) is 2. The number of carbonyl (C=O) groups is 1. The maximum absolute atomic E-state index is 11.7. The van der Waals surface area contributed by atoms with E-state index in [0.717, 1.165) is 16.9 Å². The minimum absolute atomic E-state index is 0.0145. The molecule has 0 aliphatic heterocycles. The summed E-state index contributed by atoms with van der Waals surface area (Å²) in [6, 6.07) is 5.46. The molecule has 0 unspecified atom stereocenters. The van der Waals surface area contributed by atoms with Gasteiger partial charge in [-0.25, -0.2) is 9.78 Å². The van der Waals surface area contributed by atoms with Gasteiger partial charge in [-0.2, -0.15) is 0 Å². The number of amides is 1. The standard InChI is InChI=1S/C16H22ClN3O3/c1-16(2,3)23-15(22)18-7-6-14-19-12-10-11(17)4-5-13(12)20(14)8-9-21/h4-5,10,21H,6-9H2,1-3H3,(H,18,22). The number of aliphatic hydroxyl groups is 1. The molecule has 0 saturated heterocycles. The molecular formula is C16H22ClN3O3. The lowest BCUT2D eigenvalue weighted by Gasteiger charge is -2.19. The molecule has 0 aliphatic rings. The highest BCUT2D eigenvalue weighted by molar-refractivity contribution is 6.31. The molecule has 2 rings (SSSR count). The van der Waals surface area contributed by atoms with E-state index in [1.165, 1.54) is 0 Å². The Bertz CT molecular complexity index is 692. The third kappa shape index (κ3) is 4.84. The molecule has 2 aromatic rings. The minimum atomic E-state index is -0.523. The summed E-state index contributed by atoms with van der Waals surface area (Å²) in [7, 11) is 0. The molecule has 1 aromatic heterocycles. The SMILES string of the molecule is CC(C)(C)OC(=O)NCCc1nc2cc(Cl)ccc2n1CCO. The van der Waals surface area contributed by atoms with Gasteiger partial charge in [0.25, 0.3) is 0 Å². The highest BCUT2D eigenvalue weighted by atomic mass is 35.5. The molecule has 0 spiro atoms. The predicted molar refractivity (Wildman–Crippen MR) is 89.8 cm³/mol. The first-order valence-electron chi connectivity index (χ1n) is 7.52. The number of imidazole rings is 1. The fraction of sp³-hybridized carbons (Fsp3) is 0.500. The van der Waals surface area contributed by atoms with E-state index < -0.39 is 11.7 Å². The van der Waals surface area contributed by atoms with E-state index in [1.807, 2.05) is 31.4 Å². The Morgan fingerprint density at radius 3 is 2.83 bits per heavy atom. The molecular weight excluding hydrogens is 318 g/mol. The molecule has 1 heterocycles. The number of hydrogen-bond donors (Lipinski definition) is 2. The van der Waals surface area contributed by atoms with Crippen LogP contribution < -0.4 is 5.32 Å². The molecule has 0 atom stereocenters. The average Bonchev–Trinajstić information content (AvgIpc) is 2.74. The van der Waals surface area contributed by atoms with Crippen molar-refractivity contribution in [3.05, 3.63) is 29.0 Å². The van der Waals surface area contributed by atoms with Crippen LogP contribution in [0.5, 0.6) is 0 Å². The van der Waals surface area contributed by atoms with Gasteiger partial charge >= 0.3 is 6.09 Å².